The lowest BCUT2D eigenvalue weighted by molar-refractivity contribution is 0.173. The number of nitrogens with zero attached hydrogens (tertiary/aromatic N) is 1. The maximum absolute atomic E-state index is 10.1. The van der Waals surface area contributed by atoms with Crippen molar-refractivity contribution in [3.63, 3.8) is 0 Å². The number of rotatable bonds is 7. The van der Waals surface area contributed by atoms with Gasteiger partial charge in [-0.2, -0.15) is 0 Å². The Hall–Kier alpha value is -1.62. The van der Waals surface area contributed by atoms with Gasteiger partial charge in [-0.25, -0.2) is 0 Å². The highest BCUT2D eigenvalue weighted by atomic mass is 16.3. The van der Waals surface area contributed by atoms with Crippen molar-refractivity contribution in [1.29, 1.82) is 0 Å². The molecule has 0 amide bonds. The Morgan fingerprint density at radius 3 is 2.45 bits per heavy atom. The van der Waals surface area contributed by atoms with Gasteiger partial charge in [0.15, 0.2) is 0 Å². The molecule has 0 saturated carbocycles. The summed E-state index contributed by atoms with van der Waals surface area (Å²) in [5.74, 6) is 0.274. The van der Waals surface area contributed by atoms with Crippen molar-refractivity contribution in [3.05, 3.63) is 42.0 Å². The molecule has 4 heteroatoms. The van der Waals surface area contributed by atoms with Crippen LogP contribution in [0.3, 0.4) is 0 Å². The van der Waals surface area contributed by atoms with Gasteiger partial charge in [-0.15, -0.1) is 0 Å². The summed E-state index contributed by atoms with van der Waals surface area (Å²) in [5, 5.41) is 30.3. The molecular weight excluding hydrogens is 254 g/mol. The number of aromatic hydroxyl groups is 1. The Morgan fingerprint density at radius 1 is 0.900 bits per heavy atom. The summed E-state index contributed by atoms with van der Waals surface area (Å²) in [6, 6.07) is 11.5. The predicted octanol–water partition coefficient (Wildman–Crippen LogP) is 1.72. The third-order valence-electron chi connectivity index (χ3n) is 3.45. The lowest BCUT2D eigenvalue weighted by Gasteiger charge is -2.22. The van der Waals surface area contributed by atoms with E-state index in [1.54, 1.807) is 6.07 Å². The molecule has 108 valence electrons. The second-order valence-corrected chi connectivity index (χ2v) is 4.86. The minimum atomic E-state index is 0.0664. The molecule has 0 atom stereocenters. The molecule has 0 unspecified atom stereocenters. The number of aliphatic hydroxyl groups is 2. The maximum Gasteiger partial charge on any atom is 0.120 e. The van der Waals surface area contributed by atoms with Crippen LogP contribution in [-0.2, 0) is 6.54 Å². The van der Waals surface area contributed by atoms with E-state index in [2.05, 4.69) is 0 Å². The van der Waals surface area contributed by atoms with Gasteiger partial charge in [-0.1, -0.05) is 30.3 Å². The molecule has 0 fully saturated rings. The predicted molar refractivity (Wildman–Crippen MR) is 79.7 cm³/mol. The van der Waals surface area contributed by atoms with Crippen molar-refractivity contribution < 1.29 is 15.3 Å². The van der Waals surface area contributed by atoms with E-state index in [1.165, 1.54) is 0 Å². The first-order chi connectivity index (χ1) is 9.76. The molecule has 4 nitrogen and oxygen atoms in total. The quantitative estimate of drug-likeness (QED) is 0.720. The second kappa shape index (κ2) is 7.24. The molecule has 0 aliphatic carbocycles. The largest absolute Gasteiger partial charge is 0.508 e. The van der Waals surface area contributed by atoms with Crippen LogP contribution in [0.5, 0.6) is 5.75 Å². The first kappa shape index (κ1) is 14.8. The molecule has 0 bridgehead atoms. The van der Waals surface area contributed by atoms with E-state index in [4.69, 9.17) is 10.2 Å². The highest BCUT2D eigenvalue weighted by molar-refractivity contribution is 5.87. The standard InChI is InChI=1S/C16H21NO3/c18-10-3-8-17(9-11-19)12-15-14-5-2-1-4-13(14)6-7-16(15)20/h1-2,4-7,18-20H,3,8-12H2. The van der Waals surface area contributed by atoms with Gasteiger partial charge < -0.3 is 15.3 Å². The van der Waals surface area contributed by atoms with Crippen LogP contribution < -0.4 is 0 Å². The molecule has 3 N–H and O–H groups in total. The fraction of sp³-hybridized carbons (Fsp3) is 0.375. The minimum absolute atomic E-state index is 0.0664. The lowest BCUT2D eigenvalue weighted by atomic mass is 10.0. The van der Waals surface area contributed by atoms with E-state index < -0.39 is 0 Å². The monoisotopic (exact) mass is 275 g/mol. The van der Waals surface area contributed by atoms with Gasteiger partial charge in [0.05, 0.1) is 6.61 Å². The van der Waals surface area contributed by atoms with E-state index in [-0.39, 0.29) is 19.0 Å². The van der Waals surface area contributed by atoms with E-state index in [0.717, 1.165) is 16.3 Å². The molecule has 20 heavy (non-hydrogen) atoms. The van der Waals surface area contributed by atoms with Crippen LogP contribution >= 0.6 is 0 Å². The molecule has 0 aliphatic rings. The SMILES string of the molecule is OCCCN(CCO)Cc1c(O)ccc2ccccc12. The third-order valence-corrected chi connectivity index (χ3v) is 3.45. The molecular formula is C16H21NO3. The van der Waals surface area contributed by atoms with E-state index in [9.17, 15) is 5.11 Å². The van der Waals surface area contributed by atoms with Crippen LogP contribution in [0.1, 0.15) is 12.0 Å². The Labute approximate surface area is 118 Å². The highest BCUT2D eigenvalue weighted by Crippen LogP contribution is 2.28. The first-order valence-corrected chi connectivity index (χ1v) is 6.90. The number of aliphatic hydroxyl groups excluding tert-OH is 2. The van der Waals surface area contributed by atoms with Crippen molar-refractivity contribution in [1.82, 2.24) is 4.90 Å². The zero-order valence-electron chi connectivity index (χ0n) is 11.5. The number of fused-ring (bicyclic) bond motifs is 1. The summed E-state index contributed by atoms with van der Waals surface area (Å²) in [6.07, 6.45) is 0.658. The molecule has 0 heterocycles. The number of hydrogen-bond acceptors (Lipinski definition) is 4. The zero-order valence-corrected chi connectivity index (χ0v) is 11.5. The van der Waals surface area contributed by atoms with Gasteiger partial charge in [-0.3, -0.25) is 4.90 Å². The van der Waals surface area contributed by atoms with Gasteiger partial charge >= 0.3 is 0 Å². The maximum atomic E-state index is 10.1. The second-order valence-electron chi connectivity index (χ2n) is 4.86. The van der Waals surface area contributed by atoms with Crippen molar-refractivity contribution >= 4 is 10.8 Å². The minimum Gasteiger partial charge on any atom is -0.508 e. The average Bonchev–Trinajstić information content (AvgIpc) is 2.47. The summed E-state index contributed by atoms with van der Waals surface area (Å²) >= 11 is 0. The van der Waals surface area contributed by atoms with Crippen LogP contribution in [0.4, 0.5) is 0 Å². The summed E-state index contributed by atoms with van der Waals surface area (Å²) in [7, 11) is 0. The topological polar surface area (TPSA) is 63.9 Å². The van der Waals surface area contributed by atoms with E-state index >= 15 is 0 Å². The Morgan fingerprint density at radius 2 is 1.70 bits per heavy atom. The van der Waals surface area contributed by atoms with Crippen LogP contribution in [0.2, 0.25) is 0 Å². The average molecular weight is 275 g/mol. The van der Waals surface area contributed by atoms with Crippen molar-refractivity contribution in [2.24, 2.45) is 0 Å². The van der Waals surface area contributed by atoms with Gasteiger partial charge in [0.2, 0.25) is 0 Å². The van der Waals surface area contributed by atoms with Crippen molar-refractivity contribution in [3.8, 4) is 5.75 Å². The molecule has 0 radical (unpaired) electrons. The van der Waals surface area contributed by atoms with Crippen molar-refractivity contribution in [2.45, 2.75) is 13.0 Å². The number of benzene rings is 2. The Balaban J connectivity index is 2.28. The van der Waals surface area contributed by atoms with Crippen LogP contribution in [0.25, 0.3) is 10.8 Å². The fourth-order valence-electron chi connectivity index (χ4n) is 2.42. The molecule has 0 aromatic heterocycles. The number of phenols is 1. The van der Waals surface area contributed by atoms with Crippen molar-refractivity contribution in [2.75, 3.05) is 26.3 Å². The molecule has 0 aliphatic heterocycles. The van der Waals surface area contributed by atoms with Crippen LogP contribution in [0, 0.1) is 0 Å². The third kappa shape index (κ3) is 3.48. The summed E-state index contributed by atoms with van der Waals surface area (Å²) in [4.78, 5) is 2.04. The van der Waals surface area contributed by atoms with Gasteiger partial charge in [0, 0.05) is 31.8 Å². The summed E-state index contributed by atoms with van der Waals surface area (Å²) in [5.41, 5.74) is 0.870. The number of phenolic OH excluding ortho intramolecular Hbond substituents is 1. The summed E-state index contributed by atoms with van der Waals surface area (Å²) in [6.45, 7) is 1.98. The first-order valence-electron chi connectivity index (χ1n) is 6.90. The lowest BCUT2D eigenvalue weighted by Crippen LogP contribution is -2.28. The van der Waals surface area contributed by atoms with Gasteiger partial charge in [0.25, 0.3) is 0 Å². The van der Waals surface area contributed by atoms with Gasteiger partial charge in [0.1, 0.15) is 5.75 Å². The van der Waals surface area contributed by atoms with Crippen LogP contribution in [0.15, 0.2) is 36.4 Å². The Kier molecular flexibility index (Phi) is 5.35. The number of hydrogen-bond donors (Lipinski definition) is 3. The van der Waals surface area contributed by atoms with E-state index in [1.807, 2.05) is 35.2 Å². The fourth-order valence-corrected chi connectivity index (χ4v) is 2.42. The van der Waals surface area contributed by atoms with Crippen LogP contribution in [-0.4, -0.2) is 46.5 Å². The summed E-state index contributed by atoms with van der Waals surface area (Å²) < 4.78 is 0. The molecule has 0 spiro atoms. The van der Waals surface area contributed by atoms with Gasteiger partial charge in [-0.05, 0) is 23.3 Å². The zero-order chi connectivity index (χ0) is 14.4. The molecule has 2 rings (SSSR count). The van der Waals surface area contributed by atoms with E-state index in [0.29, 0.717) is 26.1 Å². The highest BCUT2D eigenvalue weighted by Gasteiger charge is 2.11. The molecule has 2 aromatic carbocycles. The smallest absolute Gasteiger partial charge is 0.120 e. The normalized spacial score (nSPS) is 11.3. The Bertz CT molecular complexity index is 556. The molecule has 2 aromatic rings. The molecule has 0 saturated heterocycles.